The van der Waals surface area contributed by atoms with E-state index in [1.54, 1.807) is 7.11 Å². The van der Waals surface area contributed by atoms with Crippen molar-refractivity contribution in [1.29, 1.82) is 0 Å². The quantitative estimate of drug-likeness (QED) is 0.699. The summed E-state index contributed by atoms with van der Waals surface area (Å²) in [6.07, 6.45) is 0.206. The highest BCUT2D eigenvalue weighted by atomic mass is 16.5. The highest BCUT2D eigenvalue weighted by Gasteiger charge is 2.07. The lowest BCUT2D eigenvalue weighted by Gasteiger charge is -2.14. The summed E-state index contributed by atoms with van der Waals surface area (Å²) in [4.78, 5) is 0. The molecule has 123 valence electrons. The number of hydrogen-bond donors (Lipinski definition) is 2. The van der Waals surface area contributed by atoms with Crippen LogP contribution in [0.25, 0.3) is 0 Å². The number of methoxy groups -OCH3 is 1. The van der Waals surface area contributed by atoms with Crippen LogP contribution >= 0.6 is 0 Å². The van der Waals surface area contributed by atoms with Crippen LogP contribution in [0.4, 0.5) is 0 Å². The number of aliphatic hydroxyl groups is 1. The molecule has 0 spiro atoms. The molecule has 4 heteroatoms. The molecule has 0 aliphatic rings. The molecule has 0 aliphatic carbocycles. The van der Waals surface area contributed by atoms with E-state index in [0.717, 1.165) is 29.0 Å². The molecule has 0 amide bonds. The van der Waals surface area contributed by atoms with Crippen molar-refractivity contribution in [3.05, 3.63) is 66.6 Å². The minimum atomic E-state index is -0.512. The lowest BCUT2D eigenvalue weighted by molar-refractivity contribution is 0.171. The van der Waals surface area contributed by atoms with Crippen molar-refractivity contribution in [3.8, 4) is 11.5 Å². The largest absolute Gasteiger partial charge is 0.493 e. The van der Waals surface area contributed by atoms with Crippen LogP contribution in [0.5, 0.6) is 11.5 Å². The first kappa shape index (κ1) is 17.3. The fourth-order valence-corrected chi connectivity index (χ4v) is 2.25. The lowest BCUT2D eigenvalue weighted by atomic mass is 10.1. The Morgan fingerprint density at radius 2 is 1.91 bits per heavy atom. The predicted molar refractivity (Wildman–Crippen MR) is 91.8 cm³/mol. The Bertz CT molecular complexity index is 586. The Morgan fingerprint density at radius 3 is 2.61 bits per heavy atom. The van der Waals surface area contributed by atoms with Gasteiger partial charge in [-0.3, -0.25) is 0 Å². The summed E-state index contributed by atoms with van der Waals surface area (Å²) in [7, 11) is 1.63. The molecule has 0 bridgehead atoms. The number of hydrogen-bond acceptors (Lipinski definition) is 4. The molecule has 0 saturated heterocycles. The van der Waals surface area contributed by atoms with Crippen molar-refractivity contribution in [2.24, 2.45) is 0 Å². The van der Waals surface area contributed by atoms with Gasteiger partial charge in [0.2, 0.25) is 0 Å². The van der Waals surface area contributed by atoms with Crippen LogP contribution in [-0.2, 0) is 6.42 Å². The Kier molecular flexibility index (Phi) is 6.91. The highest BCUT2D eigenvalue weighted by Crippen LogP contribution is 2.28. The SMILES string of the molecule is [CH2]Cc1ccc(OCCNCC(O)c2ccccc2)c(OC)c1. The Balaban J connectivity index is 1.73. The van der Waals surface area contributed by atoms with E-state index in [0.29, 0.717) is 19.7 Å². The molecular weight excluding hydrogens is 290 g/mol. The zero-order valence-electron chi connectivity index (χ0n) is 13.5. The van der Waals surface area contributed by atoms with E-state index in [-0.39, 0.29) is 0 Å². The van der Waals surface area contributed by atoms with E-state index in [4.69, 9.17) is 9.47 Å². The molecule has 1 atom stereocenters. The minimum Gasteiger partial charge on any atom is -0.493 e. The maximum Gasteiger partial charge on any atom is 0.161 e. The van der Waals surface area contributed by atoms with Gasteiger partial charge in [-0.15, -0.1) is 0 Å². The summed E-state index contributed by atoms with van der Waals surface area (Å²) < 4.78 is 11.1. The molecule has 2 N–H and O–H groups in total. The molecular formula is C19H24NO3. The number of ether oxygens (including phenoxy) is 2. The van der Waals surface area contributed by atoms with Gasteiger partial charge >= 0.3 is 0 Å². The highest BCUT2D eigenvalue weighted by molar-refractivity contribution is 5.43. The summed E-state index contributed by atoms with van der Waals surface area (Å²) in [6.45, 7) is 5.49. The van der Waals surface area contributed by atoms with E-state index >= 15 is 0 Å². The van der Waals surface area contributed by atoms with Crippen molar-refractivity contribution in [2.75, 3.05) is 26.8 Å². The van der Waals surface area contributed by atoms with E-state index in [9.17, 15) is 5.11 Å². The fraction of sp³-hybridized carbons (Fsp3) is 0.316. The van der Waals surface area contributed by atoms with E-state index in [1.807, 2.05) is 48.5 Å². The summed E-state index contributed by atoms with van der Waals surface area (Å²) in [6, 6.07) is 15.4. The van der Waals surface area contributed by atoms with Crippen LogP contribution < -0.4 is 14.8 Å². The zero-order valence-corrected chi connectivity index (χ0v) is 13.5. The molecule has 0 saturated carbocycles. The molecule has 2 rings (SSSR count). The number of benzene rings is 2. The van der Waals surface area contributed by atoms with Gasteiger partial charge in [-0.25, -0.2) is 0 Å². The van der Waals surface area contributed by atoms with Crippen LogP contribution in [0.15, 0.2) is 48.5 Å². The summed E-state index contributed by atoms with van der Waals surface area (Å²) in [5, 5.41) is 13.2. The normalized spacial score (nSPS) is 12.0. The van der Waals surface area contributed by atoms with Gasteiger partial charge < -0.3 is 19.9 Å². The van der Waals surface area contributed by atoms with Gasteiger partial charge in [-0.1, -0.05) is 36.4 Å². The van der Waals surface area contributed by atoms with Gasteiger partial charge in [0.15, 0.2) is 11.5 Å². The second-order valence-electron chi connectivity index (χ2n) is 5.21. The molecule has 2 aromatic carbocycles. The van der Waals surface area contributed by atoms with Gasteiger partial charge in [-0.2, -0.15) is 0 Å². The summed E-state index contributed by atoms with van der Waals surface area (Å²) >= 11 is 0. The third-order valence-corrected chi connectivity index (χ3v) is 3.58. The molecule has 1 radical (unpaired) electrons. The van der Waals surface area contributed by atoms with E-state index in [1.165, 1.54) is 0 Å². The van der Waals surface area contributed by atoms with E-state index in [2.05, 4.69) is 12.2 Å². The van der Waals surface area contributed by atoms with Crippen LogP contribution in [0, 0.1) is 6.92 Å². The summed E-state index contributed by atoms with van der Waals surface area (Å²) in [5.74, 6) is 1.44. The first-order valence-electron chi connectivity index (χ1n) is 7.77. The monoisotopic (exact) mass is 314 g/mol. The second kappa shape index (κ2) is 9.18. The minimum absolute atomic E-state index is 0.491. The van der Waals surface area contributed by atoms with Crippen molar-refractivity contribution in [2.45, 2.75) is 12.5 Å². The fourth-order valence-electron chi connectivity index (χ4n) is 2.25. The van der Waals surface area contributed by atoms with E-state index < -0.39 is 6.10 Å². The predicted octanol–water partition coefficient (Wildman–Crippen LogP) is 2.77. The molecule has 2 aromatic rings. The first-order valence-corrected chi connectivity index (χ1v) is 7.77. The van der Waals surface area contributed by atoms with Gasteiger partial charge in [0.05, 0.1) is 13.2 Å². The second-order valence-corrected chi connectivity index (χ2v) is 5.21. The van der Waals surface area contributed by atoms with Crippen LogP contribution in [-0.4, -0.2) is 31.9 Å². The molecule has 0 aromatic heterocycles. The van der Waals surface area contributed by atoms with Crippen LogP contribution in [0.3, 0.4) is 0 Å². The molecule has 0 fully saturated rings. The van der Waals surface area contributed by atoms with Crippen LogP contribution in [0.1, 0.15) is 17.2 Å². The Morgan fingerprint density at radius 1 is 1.13 bits per heavy atom. The first-order chi connectivity index (χ1) is 11.2. The average Bonchev–Trinajstić information content (AvgIpc) is 2.62. The molecule has 4 nitrogen and oxygen atoms in total. The maximum atomic E-state index is 10.0. The lowest BCUT2D eigenvalue weighted by Crippen LogP contribution is -2.26. The standard InChI is InChI=1S/C19H24NO3/c1-3-15-9-10-18(19(13-15)22-2)23-12-11-20-14-17(21)16-7-5-4-6-8-16/h4-10,13,17,20-21H,1,3,11-12,14H2,2H3. The van der Waals surface area contributed by atoms with Gasteiger partial charge in [0, 0.05) is 13.1 Å². The molecule has 1 unspecified atom stereocenters. The molecule has 0 heterocycles. The van der Waals surface area contributed by atoms with Crippen molar-refractivity contribution in [1.82, 2.24) is 5.32 Å². The maximum absolute atomic E-state index is 10.0. The smallest absolute Gasteiger partial charge is 0.161 e. The van der Waals surface area contributed by atoms with Crippen LogP contribution in [0.2, 0.25) is 0 Å². The third kappa shape index (κ3) is 5.27. The zero-order chi connectivity index (χ0) is 16.5. The van der Waals surface area contributed by atoms with Gasteiger partial charge in [0.25, 0.3) is 0 Å². The number of nitrogens with one attached hydrogen (secondary N) is 1. The number of rotatable bonds is 9. The topological polar surface area (TPSA) is 50.7 Å². The summed E-state index contributed by atoms with van der Waals surface area (Å²) in [5.41, 5.74) is 2.02. The van der Waals surface area contributed by atoms with Gasteiger partial charge in [-0.05, 0) is 36.6 Å². The Hall–Kier alpha value is -2.04. The van der Waals surface area contributed by atoms with Crippen molar-refractivity contribution >= 4 is 0 Å². The Labute approximate surface area is 138 Å². The van der Waals surface area contributed by atoms with Gasteiger partial charge in [0.1, 0.15) is 6.61 Å². The third-order valence-electron chi connectivity index (χ3n) is 3.58. The number of aliphatic hydroxyl groups excluding tert-OH is 1. The van der Waals surface area contributed by atoms with Crippen molar-refractivity contribution < 1.29 is 14.6 Å². The average molecular weight is 314 g/mol. The molecule has 0 aliphatic heterocycles. The van der Waals surface area contributed by atoms with Crippen molar-refractivity contribution in [3.63, 3.8) is 0 Å². The molecule has 23 heavy (non-hydrogen) atoms.